The van der Waals surface area contributed by atoms with Gasteiger partial charge in [0.05, 0.1) is 0 Å². The fourth-order valence-corrected chi connectivity index (χ4v) is 5.22. The van der Waals surface area contributed by atoms with Crippen LogP contribution in [-0.2, 0) is 0 Å². The van der Waals surface area contributed by atoms with E-state index in [-0.39, 0.29) is 12.3 Å². The Morgan fingerprint density at radius 1 is 0.744 bits per heavy atom. The van der Waals surface area contributed by atoms with Gasteiger partial charge < -0.3 is 11.1 Å². The molecule has 3 atom stereocenters. The van der Waals surface area contributed by atoms with Gasteiger partial charge in [-0.05, 0) is 51.7 Å². The van der Waals surface area contributed by atoms with Crippen LogP contribution in [0.25, 0.3) is 21.9 Å². The molecule has 1 heterocycles. The zero-order chi connectivity index (χ0) is 26.6. The van der Waals surface area contributed by atoms with Crippen LogP contribution in [0.2, 0.25) is 0 Å². The summed E-state index contributed by atoms with van der Waals surface area (Å²) < 4.78 is 0. The molecule has 5 nitrogen and oxygen atoms in total. The van der Waals surface area contributed by atoms with Crippen molar-refractivity contribution >= 4 is 22.8 Å². The van der Waals surface area contributed by atoms with Crippen molar-refractivity contribution in [3.05, 3.63) is 144 Å². The molecule has 39 heavy (non-hydrogen) atoms. The Balaban J connectivity index is 1.38. The summed E-state index contributed by atoms with van der Waals surface area (Å²) in [7, 11) is 0. The van der Waals surface area contributed by atoms with Crippen LogP contribution in [-0.4, -0.2) is 12.1 Å². The maximum absolute atomic E-state index is 6.49. The third kappa shape index (κ3) is 5.10. The summed E-state index contributed by atoms with van der Waals surface area (Å²) in [6.07, 6.45) is 1.06. The van der Waals surface area contributed by atoms with Crippen molar-refractivity contribution < 1.29 is 0 Å². The Labute approximate surface area is 229 Å². The number of hydrogen-bond donors (Lipinski definition) is 3. The molecule has 5 aromatic rings. The Morgan fingerprint density at radius 2 is 1.44 bits per heavy atom. The predicted octanol–water partition coefficient (Wildman–Crippen LogP) is 6.89. The van der Waals surface area contributed by atoms with E-state index >= 15 is 0 Å². The minimum absolute atomic E-state index is 0.115. The lowest BCUT2D eigenvalue weighted by Gasteiger charge is -2.32. The summed E-state index contributed by atoms with van der Waals surface area (Å²) in [6.45, 7) is 1.90. The van der Waals surface area contributed by atoms with Gasteiger partial charge in [0.25, 0.3) is 0 Å². The van der Waals surface area contributed by atoms with E-state index in [4.69, 9.17) is 10.7 Å². The highest BCUT2D eigenvalue weighted by Crippen LogP contribution is 2.36. The molecule has 0 fully saturated rings. The summed E-state index contributed by atoms with van der Waals surface area (Å²) in [5.41, 5.74) is 13.0. The second-order valence-electron chi connectivity index (χ2n) is 9.63. The molecule has 6 rings (SSSR count). The molecule has 1 aliphatic rings. The van der Waals surface area contributed by atoms with E-state index in [0.29, 0.717) is 0 Å². The number of benzene rings is 5. The number of hydrogen-bond acceptors (Lipinski definition) is 5. The van der Waals surface area contributed by atoms with E-state index in [1.54, 1.807) is 6.21 Å². The second kappa shape index (κ2) is 11.0. The number of rotatable bonds is 6. The Morgan fingerprint density at radius 3 is 2.18 bits per heavy atom. The lowest BCUT2D eigenvalue weighted by atomic mass is 9.91. The van der Waals surface area contributed by atoms with E-state index < -0.39 is 6.17 Å². The molecule has 4 N–H and O–H groups in total. The Bertz CT molecular complexity index is 1630. The maximum atomic E-state index is 6.49. The van der Waals surface area contributed by atoms with Gasteiger partial charge >= 0.3 is 0 Å². The van der Waals surface area contributed by atoms with Crippen LogP contribution >= 0.6 is 0 Å². The Kier molecular flexibility index (Phi) is 7.00. The molecule has 5 heteroatoms. The molecule has 0 spiro atoms. The smallest absolute Gasteiger partial charge is 0.131 e. The zero-order valence-corrected chi connectivity index (χ0v) is 21.8. The summed E-state index contributed by atoms with van der Waals surface area (Å²) in [6, 6.07) is 42.0. The van der Waals surface area contributed by atoms with Crippen LogP contribution in [0.4, 0.5) is 0 Å². The molecule has 5 aromatic carbocycles. The van der Waals surface area contributed by atoms with Crippen LogP contribution in [0.3, 0.4) is 0 Å². The molecular weight excluding hydrogens is 478 g/mol. The molecule has 0 amide bonds. The summed E-state index contributed by atoms with van der Waals surface area (Å²) in [4.78, 5) is 9.49. The highest BCUT2D eigenvalue weighted by Gasteiger charge is 2.25. The molecule has 0 aliphatic carbocycles. The third-order valence-electron chi connectivity index (χ3n) is 7.15. The van der Waals surface area contributed by atoms with Crippen LogP contribution in [0.15, 0.2) is 131 Å². The molecule has 1 aliphatic heterocycles. The highest BCUT2D eigenvalue weighted by atomic mass is 15.3. The van der Waals surface area contributed by atoms with E-state index in [1.165, 1.54) is 10.8 Å². The van der Waals surface area contributed by atoms with Crippen molar-refractivity contribution in [3.63, 3.8) is 0 Å². The van der Waals surface area contributed by atoms with Gasteiger partial charge in [0, 0.05) is 5.56 Å². The maximum Gasteiger partial charge on any atom is 0.131 e. The first kappa shape index (κ1) is 24.7. The van der Waals surface area contributed by atoms with Gasteiger partial charge in [0.2, 0.25) is 0 Å². The summed E-state index contributed by atoms with van der Waals surface area (Å²) in [5.74, 6) is 0.872. The average Bonchev–Trinajstić information content (AvgIpc) is 3.01. The lowest BCUT2D eigenvalue weighted by molar-refractivity contribution is 0.409. The van der Waals surface area contributed by atoms with E-state index in [0.717, 1.165) is 39.2 Å². The van der Waals surface area contributed by atoms with Crippen molar-refractivity contribution in [2.45, 2.75) is 25.4 Å². The van der Waals surface area contributed by atoms with Crippen LogP contribution in [0.5, 0.6) is 0 Å². The van der Waals surface area contributed by atoms with E-state index in [2.05, 4.69) is 113 Å². The quantitative estimate of drug-likeness (QED) is 0.218. The van der Waals surface area contributed by atoms with Crippen molar-refractivity contribution in [1.29, 1.82) is 0 Å². The topological polar surface area (TPSA) is 74.8 Å². The molecular formula is C34H31N5. The number of aliphatic imine (C=N–C) groups is 2. The van der Waals surface area contributed by atoms with Crippen molar-refractivity contribution in [3.8, 4) is 11.1 Å². The van der Waals surface area contributed by atoms with Gasteiger partial charge in [-0.1, -0.05) is 121 Å². The number of nitrogens with zero attached hydrogens (tertiary/aromatic N) is 2. The number of amidine groups is 1. The lowest BCUT2D eigenvalue weighted by Crippen LogP contribution is -2.44. The first-order valence-electron chi connectivity index (χ1n) is 13.3. The van der Waals surface area contributed by atoms with Crippen molar-refractivity contribution in [2.24, 2.45) is 15.7 Å². The number of fused-ring (bicyclic) bond motifs is 1. The van der Waals surface area contributed by atoms with Gasteiger partial charge in [-0.25, -0.2) is 4.99 Å². The van der Waals surface area contributed by atoms with Gasteiger partial charge in [-0.15, -0.1) is 0 Å². The molecule has 0 saturated heterocycles. The number of nitrogens with one attached hydrogen (secondary N) is 2. The molecule has 0 saturated carbocycles. The highest BCUT2D eigenvalue weighted by molar-refractivity contribution is 6.00. The molecule has 3 unspecified atom stereocenters. The minimum Gasteiger partial charge on any atom is -0.350 e. The van der Waals surface area contributed by atoms with Crippen molar-refractivity contribution in [2.75, 3.05) is 0 Å². The van der Waals surface area contributed by atoms with Crippen LogP contribution < -0.4 is 16.4 Å². The fourth-order valence-electron chi connectivity index (χ4n) is 5.22. The first-order valence-corrected chi connectivity index (χ1v) is 13.3. The van der Waals surface area contributed by atoms with Gasteiger partial charge in [0.1, 0.15) is 24.3 Å². The normalized spacial score (nSPS) is 18.1. The second-order valence-corrected chi connectivity index (χ2v) is 9.63. The zero-order valence-electron chi connectivity index (χ0n) is 21.8. The fraction of sp³-hybridized carbons (Fsp3) is 0.118. The van der Waals surface area contributed by atoms with Crippen LogP contribution in [0, 0.1) is 0 Å². The van der Waals surface area contributed by atoms with Crippen molar-refractivity contribution in [1.82, 2.24) is 10.6 Å². The SMILES string of the molecule is CC=NC(N)c1ccc2ccccc2c1-c1ccc(C2NC(c3ccccc3)=NC(c3ccccc3)N2)cc1. The first-order chi connectivity index (χ1) is 19.2. The Hall–Kier alpha value is -4.58. The minimum atomic E-state index is -0.424. The number of nitrogens with two attached hydrogens (primary N) is 1. The molecule has 192 valence electrons. The molecule has 0 bridgehead atoms. The molecule has 0 aromatic heterocycles. The predicted molar refractivity (Wildman–Crippen MR) is 162 cm³/mol. The van der Waals surface area contributed by atoms with Gasteiger partial charge in [-0.3, -0.25) is 10.3 Å². The van der Waals surface area contributed by atoms with E-state index in [1.807, 2.05) is 31.2 Å². The molecule has 0 radical (unpaired) electrons. The van der Waals surface area contributed by atoms with Gasteiger partial charge in [0.15, 0.2) is 0 Å². The van der Waals surface area contributed by atoms with Crippen LogP contribution in [0.1, 0.15) is 47.7 Å². The standard InChI is InChI=1S/C34H31N5/c1-2-36-31(35)29-22-21-23-11-9-10-16-28(23)30(29)24-17-19-27(20-18-24)34-38-32(25-12-5-3-6-13-25)37-33(39-34)26-14-7-4-8-15-26/h2-22,31-32,34,38H,35H2,1H3,(H,37,39). The summed E-state index contributed by atoms with van der Waals surface area (Å²) >= 11 is 0. The average molecular weight is 510 g/mol. The third-order valence-corrected chi connectivity index (χ3v) is 7.15. The van der Waals surface area contributed by atoms with E-state index in [9.17, 15) is 0 Å². The largest absolute Gasteiger partial charge is 0.350 e. The van der Waals surface area contributed by atoms with Gasteiger partial charge in [-0.2, -0.15) is 0 Å². The summed E-state index contributed by atoms with van der Waals surface area (Å²) in [5, 5.41) is 9.65. The monoisotopic (exact) mass is 509 g/mol.